The topological polar surface area (TPSA) is 73.6 Å². The van der Waals surface area contributed by atoms with Crippen molar-refractivity contribution in [3.8, 4) is 12.1 Å². The van der Waals surface area contributed by atoms with Crippen molar-refractivity contribution in [2.75, 3.05) is 6.54 Å². The van der Waals surface area contributed by atoms with Crippen molar-refractivity contribution >= 4 is 0 Å². The second kappa shape index (κ2) is 5.08. The molecule has 0 saturated heterocycles. The van der Waals surface area contributed by atoms with Crippen LogP contribution in [0.3, 0.4) is 0 Å². The molecule has 0 radical (unpaired) electrons. The second-order valence-electron chi connectivity index (χ2n) is 1.74. The van der Waals surface area contributed by atoms with Crippen molar-refractivity contribution < 1.29 is 0 Å². The normalized spacial score (nSPS) is 8.44. The van der Waals surface area contributed by atoms with E-state index in [-0.39, 0.29) is 0 Å². The largest absolute Gasteiger partial charge is 0.330 e. The molecule has 0 unspecified atom stereocenters. The number of hydrogen-bond donors (Lipinski definition) is 1. The summed E-state index contributed by atoms with van der Waals surface area (Å²) in [4.78, 5) is 0. The molecule has 0 aliphatic carbocycles. The maximum Gasteiger partial charge on any atom is 0.133 e. The Morgan fingerprint density at radius 1 is 1.33 bits per heavy atom. The first kappa shape index (κ1) is 7.94. The number of nitriles is 2. The van der Waals surface area contributed by atoms with Crippen LogP contribution >= 0.6 is 0 Å². The highest BCUT2D eigenvalue weighted by Crippen LogP contribution is 2.00. The first-order valence-electron chi connectivity index (χ1n) is 2.84. The van der Waals surface area contributed by atoms with Crippen LogP contribution in [0.25, 0.3) is 0 Å². The minimum Gasteiger partial charge on any atom is -0.330 e. The van der Waals surface area contributed by atoms with Crippen LogP contribution in [-0.2, 0) is 0 Å². The Bertz CT molecular complexity index is 125. The predicted octanol–water partition coefficient (Wildman–Crippen LogP) is 0.389. The number of rotatable bonds is 3. The smallest absolute Gasteiger partial charge is 0.133 e. The van der Waals surface area contributed by atoms with E-state index in [2.05, 4.69) is 0 Å². The summed E-state index contributed by atoms with van der Waals surface area (Å²) in [5, 5.41) is 16.5. The molecule has 3 nitrogen and oxygen atoms in total. The lowest BCUT2D eigenvalue weighted by Crippen LogP contribution is -2.01. The highest BCUT2D eigenvalue weighted by molar-refractivity contribution is 4.98. The van der Waals surface area contributed by atoms with E-state index in [1.54, 1.807) is 0 Å². The van der Waals surface area contributed by atoms with E-state index in [1.165, 1.54) is 0 Å². The van der Waals surface area contributed by atoms with Crippen LogP contribution in [0.4, 0.5) is 0 Å². The molecular weight excluding hydrogens is 114 g/mol. The van der Waals surface area contributed by atoms with Crippen molar-refractivity contribution in [1.29, 1.82) is 10.5 Å². The fourth-order valence-electron chi connectivity index (χ4n) is 0.480. The highest BCUT2D eigenvalue weighted by atomic mass is 14.5. The molecule has 0 aromatic rings. The second-order valence-corrected chi connectivity index (χ2v) is 1.74. The third-order valence-corrected chi connectivity index (χ3v) is 1.01. The Balaban J connectivity index is 3.38. The van der Waals surface area contributed by atoms with Crippen molar-refractivity contribution in [3.63, 3.8) is 0 Å². The first-order valence-corrected chi connectivity index (χ1v) is 2.84. The Kier molecular flexibility index (Phi) is 4.49. The zero-order valence-corrected chi connectivity index (χ0v) is 5.17. The number of nitrogens with zero attached hydrogens (tertiary/aromatic N) is 2. The summed E-state index contributed by atoms with van der Waals surface area (Å²) >= 11 is 0. The third-order valence-electron chi connectivity index (χ3n) is 1.01. The van der Waals surface area contributed by atoms with Gasteiger partial charge in [0.2, 0.25) is 0 Å². The van der Waals surface area contributed by atoms with Gasteiger partial charge in [0, 0.05) is 0 Å². The Morgan fingerprint density at radius 2 is 1.89 bits per heavy atom. The van der Waals surface area contributed by atoms with Gasteiger partial charge in [0.05, 0.1) is 12.1 Å². The molecule has 2 N–H and O–H groups in total. The molecular formula is C6H9N3. The molecule has 0 aromatic heterocycles. The van der Waals surface area contributed by atoms with Crippen molar-refractivity contribution in [2.24, 2.45) is 11.7 Å². The standard InChI is InChI=1S/C6H9N3/c7-3-1-2-6(4-8)5-9/h6H,1-3,7H2. The van der Waals surface area contributed by atoms with Crippen LogP contribution in [0.2, 0.25) is 0 Å². The van der Waals surface area contributed by atoms with Gasteiger partial charge in [-0.15, -0.1) is 0 Å². The van der Waals surface area contributed by atoms with Crippen LogP contribution in [0.5, 0.6) is 0 Å². The minimum absolute atomic E-state index is 0.464. The average Bonchev–Trinajstić information content (AvgIpc) is 1.91. The molecule has 0 aromatic carbocycles. The van der Waals surface area contributed by atoms with Crippen molar-refractivity contribution in [3.05, 3.63) is 0 Å². The third kappa shape index (κ3) is 3.52. The van der Waals surface area contributed by atoms with Crippen molar-refractivity contribution in [1.82, 2.24) is 0 Å². The van der Waals surface area contributed by atoms with Gasteiger partial charge < -0.3 is 5.73 Å². The molecule has 0 saturated carbocycles. The maximum atomic E-state index is 8.24. The lowest BCUT2D eigenvalue weighted by atomic mass is 10.1. The number of nitrogens with two attached hydrogens (primary N) is 1. The zero-order chi connectivity index (χ0) is 7.11. The summed E-state index contributed by atoms with van der Waals surface area (Å²) in [7, 11) is 0. The predicted molar refractivity (Wildman–Crippen MR) is 33.0 cm³/mol. The van der Waals surface area contributed by atoms with Gasteiger partial charge in [-0.3, -0.25) is 0 Å². The van der Waals surface area contributed by atoms with Gasteiger partial charge in [-0.2, -0.15) is 10.5 Å². The summed E-state index contributed by atoms with van der Waals surface area (Å²) in [5.41, 5.74) is 5.17. The first-order chi connectivity index (χ1) is 4.35. The van der Waals surface area contributed by atoms with Crippen molar-refractivity contribution in [2.45, 2.75) is 12.8 Å². The number of hydrogen-bond acceptors (Lipinski definition) is 3. The van der Waals surface area contributed by atoms with Gasteiger partial charge in [-0.25, -0.2) is 0 Å². The summed E-state index contributed by atoms with van der Waals surface area (Å²) < 4.78 is 0. The SMILES string of the molecule is N#CC(C#N)CCCN. The van der Waals surface area contributed by atoms with Crippen LogP contribution in [-0.4, -0.2) is 6.54 Å². The summed E-state index contributed by atoms with van der Waals surface area (Å²) in [5.74, 6) is -0.464. The lowest BCUT2D eigenvalue weighted by molar-refractivity contribution is 0.679. The lowest BCUT2D eigenvalue weighted by Gasteiger charge is -1.93. The highest BCUT2D eigenvalue weighted by Gasteiger charge is 2.01. The fraction of sp³-hybridized carbons (Fsp3) is 0.667. The Morgan fingerprint density at radius 3 is 2.22 bits per heavy atom. The van der Waals surface area contributed by atoms with Gasteiger partial charge in [-0.1, -0.05) is 0 Å². The van der Waals surface area contributed by atoms with Gasteiger partial charge in [0.1, 0.15) is 5.92 Å². The molecule has 0 fully saturated rings. The quantitative estimate of drug-likeness (QED) is 0.589. The molecule has 48 valence electrons. The van der Waals surface area contributed by atoms with E-state index in [1.807, 2.05) is 12.1 Å². The molecule has 3 heteroatoms. The molecule has 0 spiro atoms. The van der Waals surface area contributed by atoms with E-state index >= 15 is 0 Å². The molecule has 0 amide bonds. The molecule has 0 aliphatic rings. The van der Waals surface area contributed by atoms with E-state index in [0.29, 0.717) is 13.0 Å². The molecule has 0 rings (SSSR count). The monoisotopic (exact) mass is 123 g/mol. The van der Waals surface area contributed by atoms with Gasteiger partial charge >= 0.3 is 0 Å². The fourth-order valence-corrected chi connectivity index (χ4v) is 0.480. The van der Waals surface area contributed by atoms with Crippen LogP contribution in [0, 0.1) is 28.6 Å². The maximum absolute atomic E-state index is 8.24. The molecule has 0 bridgehead atoms. The van der Waals surface area contributed by atoms with E-state index in [0.717, 1.165) is 6.42 Å². The minimum atomic E-state index is -0.464. The zero-order valence-electron chi connectivity index (χ0n) is 5.17. The summed E-state index contributed by atoms with van der Waals surface area (Å²) in [6.45, 7) is 0.555. The molecule has 9 heavy (non-hydrogen) atoms. The average molecular weight is 123 g/mol. The van der Waals surface area contributed by atoms with Gasteiger partial charge in [0.25, 0.3) is 0 Å². The van der Waals surface area contributed by atoms with E-state index in [9.17, 15) is 0 Å². The van der Waals surface area contributed by atoms with Crippen LogP contribution in [0.15, 0.2) is 0 Å². The Labute approximate surface area is 54.7 Å². The molecule has 0 atom stereocenters. The van der Waals surface area contributed by atoms with Crippen LogP contribution in [0.1, 0.15) is 12.8 Å². The van der Waals surface area contributed by atoms with Crippen LogP contribution < -0.4 is 5.73 Å². The molecule has 0 aliphatic heterocycles. The summed E-state index contributed by atoms with van der Waals surface area (Å²) in [6.07, 6.45) is 1.36. The van der Waals surface area contributed by atoms with Gasteiger partial charge in [0.15, 0.2) is 0 Å². The summed E-state index contributed by atoms with van der Waals surface area (Å²) in [6, 6.07) is 3.74. The van der Waals surface area contributed by atoms with E-state index in [4.69, 9.17) is 16.3 Å². The molecule has 0 heterocycles. The van der Waals surface area contributed by atoms with E-state index < -0.39 is 5.92 Å². The van der Waals surface area contributed by atoms with Gasteiger partial charge in [-0.05, 0) is 19.4 Å². The Hall–Kier alpha value is -1.06.